The molecule has 1 unspecified atom stereocenters. The highest BCUT2D eigenvalue weighted by atomic mass is 127. The molecule has 0 amide bonds. The second kappa shape index (κ2) is 4.03. The Bertz CT molecular complexity index is 89.1. The van der Waals surface area contributed by atoms with Crippen LogP contribution in [0.3, 0.4) is 0 Å². The molecule has 0 aliphatic carbocycles. The van der Waals surface area contributed by atoms with Crippen molar-refractivity contribution in [3.05, 3.63) is 0 Å². The summed E-state index contributed by atoms with van der Waals surface area (Å²) < 4.78 is 0. The van der Waals surface area contributed by atoms with Crippen molar-refractivity contribution in [3.63, 3.8) is 0 Å². The molecule has 0 aromatic carbocycles. The van der Waals surface area contributed by atoms with E-state index in [4.69, 9.17) is 0 Å². The molecule has 3 heteroatoms. The fourth-order valence-corrected chi connectivity index (χ4v) is 3.00. The lowest BCUT2D eigenvalue weighted by atomic mass is 10.1. The molecule has 0 radical (unpaired) electrons. The number of halogens is 1. The van der Waals surface area contributed by atoms with Crippen molar-refractivity contribution in [2.75, 3.05) is 20.1 Å². The van der Waals surface area contributed by atoms with Gasteiger partial charge in [-0.05, 0) is 47.6 Å². The fourth-order valence-electron chi connectivity index (χ4n) is 1.19. The minimum Gasteiger partial charge on any atom is -0.305 e. The highest BCUT2D eigenvalue weighted by Crippen LogP contribution is 2.26. The largest absolute Gasteiger partial charge is 0.305 e. The van der Waals surface area contributed by atoms with Crippen LogP contribution in [0.2, 0.25) is 0 Å². The number of piperidine rings is 1. The Labute approximate surface area is 73.2 Å². The second-order valence-electron chi connectivity index (χ2n) is 2.62. The van der Waals surface area contributed by atoms with Crippen LogP contribution in [0.5, 0.6) is 0 Å². The van der Waals surface area contributed by atoms with Gasteiger partial charge in [-0.2, -0.15) is 0 Å². The van der Waals surface area contributed by atoms with Crippen LogP contribution in [0.1, 0.15) is 12.8 Å². The van der Waals surface area contributed by atoms with Gasteiger partial charge in [-0.3, -0.25) is 0 Å². The molecule has 1 rings (SSSR count). The maximum absolute atomic E-state index is 2.42. The predicted molar refractivity (Wildman–Crippen MR) is 52.1 cm³/mol. The summed E-state index contributed by atoms with van der Waals surface area (Å²) >= 11 is 2.41. The van der Waals surface area contributed by atoms with Gasteiger partial charge >= 0.3 is 0 Å². The van der Waals surface area contributed by atoms with E-state index in [1.807, 2.05) is 8.93 Å². The van der Waals surface area contributed by atoms with Gasteiger partial charge < -0.3 is 4.90 Å². The summed E-state index contributed by atoms with van der Waals surface area (Å²) in [5.74, 6) is 0. The molecule has 9 heavy (non-hydrogen) atoms. The first-order chi connectivity index (χ1) is 4.33. The average molecular weight is 257 g/mol. The number of likely N-dealkylation sites (tertiary alicyclic amines) is 1. The summed E-state index contributed by atoms with van der Waals surface area (Å²) in [7, 11) is 4.19. The minimum atomic E-state index is 0.893. The van der Waals surface area contributed by atoms with Gasteiger partial charge in [0.25, 0.3) is 0 Å². The number of hydrogen-bond acceptors (Lipinski definition) is 2. The van der Waals surface area contributed by atoms with Gasteiger partial charge in [-0.15, -0.1) is 0 Å². The van der Waals surface area contributed by atoms with Crippen LogP contribution >= 0.6 is 30.1 Å². The van der Waals surface area contributed by atoms with Crippen molar-refractivity contribution in [2.45, 2.75) is 18.1 Å². The van der Waals surface area contributed by atoms with E-state index in [0.717, 1.165) is 5.25 Å². The van der Waals surface area contributed by atoms with Crippen molar-refractivity contribution in [2.24, 2.45) is 0 Å². The van der Waals surface area contributed by atoms with Gasteiger partial charge in [-0.25, -0.2) is 0 Å². The molecular formula is C6H12INS. The highest BCUT2D eigenvalue weighted by molar-refractivity contribution is 14.2. The van der Waals surface area contributed by atoms with Crippen LogP contribution in [0.4, 0.5) is 0 Å². The van der Waals surface area contributed by atoms with Gasteiger partial charge in [0, 0.05) is 11.8 Å². The van der Waals surface area contributed by atoms with Crippen molar-refractivity contribution >= 4 is 30.1 Å². The van der Waals surface area contributed by atoms with Crippen molar-refractivity contribution in [1.29, 1.82) is 0 Å². The SMILES string of the molecule is CN1CCCC(SI)C1. The average Bonchev–Trinajstić information content (AvgIpc) is 1.88. The third-order valence-electron chi connectivity index (χ3n) is 1.71. The summed E-state index contributed by atoms with van der Waals surface area (Å²) in [6, 6.07) is 0. The molecular weight excluding hydrogens is 245 g/mol. The highest BCUT2D eigenvalue weighted by Gasteiger charge is 2.15. The van der Waals surface area contributed by atoms with Gasteiger partial charge in [-0.1, -0.05) is 8.93 Å². The quantitative estimate of drug-likeness (QED) is 0.662. The van der Waals surface area contributed by atoms with Crippen molar-refractivity contribution in [1.82, 2.24) is 4.90 Å². The molecule has 0 N–H and O–H groups in total. The lowest BCUT2D eigenvalue weighted by Gasteiger charge is -2.27. The maximum atomic E-state index is 2.42. The topological polar surface area (TPSA) is 3.24 Å². The van der Waals surface area contributed by atoms with E-state index in [-0.39, 0.29) is 0 Å². The fraction of sp³-hybridized carbons (Fsp3) is 1.00. The monoisotopic (exact) mass is 257 g/mol. The summed E-state index contributed by atoms with van der Waals surface area (Å²) in [5, 5.41) is 0.893. The lowest BCUT2D eigenvalue weighted by molar-refractivity contribution is 0.284. The molecule has 0 spiro atoms. The van der Waals surface area contributed by atoms with Crippen LogP contribution in [0.15, 0.2) is 0 Å². The summed E-state index contributed by atoms with van der Waals surface area (Å²) in [4.78, 5) is 2.42. The molecule has 1 saturated heterocycles. The molecule has 1 nitrogen and oxygen atoms in total. The Morgan fingerprint density at radius 3 is 2.89 bits per heavy atom. The summed E-state index contributed by atoms with van der Waals surface area (Å²) in [6.07, 6.45) is 2.80. The van der Waals surface area contributed by atoms with E-state index < -0.39 is 0 Å². The first kappa shape index (κ1) is 8.14. The molecule has 1 fully saturated rings. The van der Waals surface area contributed by atoms with E-state index in [9.17, 15) is 0 Å². The van der Waals surface area contributed by atoms with Crippen molar-refractivity contribution in [3.8, 4) is 0 Å². The Morgan fingerprint density at radius 2 is 2.44 bits per heavy atom. The Morgan fingerprint density at radius 1 is 1.67 bits per heavy atom. The van der Waals surface area contributed by atoms with Crippen LogP contribution in [-0.4, -0.2) is 30.3 Å². The van der Waals surface area contributed by atoms with Gasteiger partial charge in [0.2, 0.25) is 0 Å². The summed E-state index contributed by atoms with van der Waals surface area (Å²) in [5.41, 5.74) is 0. The van der Waals surface area contributed by atoms with E-state index in [2.05, 4.69) is 33.2 Å². The summed E-state index contributed by atoms with van der Waals surface area (Å²) in [6.45, 7) is 2.58. The second-order valence-corrected chi connectivity index (χ2v) is 4.99. The molecule has 1 atom stereocenters. The Balaban J connectivity index is 2.23. The lowest BCUT2D eigenvalue weighted by Crippen LogP contribution is -2.32. The molecule has 0 aromatic heterocycles. The minimum absolute atomic E-state index is 0.893. The van der Waals surface area contributed by atoms with E-state index in [0.29, 0.717) is 0 Å². The maximum Gasteiger partial charge on any atom is 0.0275 e. The molecule has 1 aliphatic heterocycles. The zero-order valence-corrected chi connectivity index (χ0v) is 8.61. The van der Waals surface area contributed by atoms with E-state index in [1.54, 1.807) is 0 Å². The molecule has 1 heterocycles. The Kier molecular flexibility index (Phi) is 3.65. The number of hydrogen-bond donors (Lipinski definition) is 0. The van der Waals surface area contributed by atoms with Crippen LogP contribution in [0, 0.1) is 0 Å². The predicted octanol–water partition coefficient (Wildman–Crippen LogP) is 2.16. The van der Waals surface area contributed by atoms with Crippen LogP contribution in [0.25, 0.3) is 0 Å². The Hall–Kier alpha value is 1.04. The molecule has 1 aliphatic rings. The molecule has 0 aromatic rings. The molecule has 0 saturated carbocycles. The normalized spacial score (nSPS) is 30.7. The van der Waals surface area contributed by atoms with E-state index in [1.165, 1.54) is 25.9 Å². The van der Waals surface area contributed by atoms with Gasteiger partial charge in [0.05, 0.1) is 0 Å². The molecule has 0 bridgehead atoms. The smallest absolute Gasteiger partial charge is 0.0275 e. The zero-order chi connectivity index (χ0) is 6.69. The number of nitrogens with zero attached hydrogens (tertiary/aromatic N) is 1. The first-order valence-electron chi connectivity index (χ1n) is 3.29. The first-order valence-corrected chi connectivity index (χ1v) is 6.71. The number of rotatable bonds is 1. The van der Waals surface area contributed by atoms with Crippen LogP contribution in [-0.2, 0) is 0 Å². The zero-order valence-electron chi connectivity index (χ0n) is 5.64. The molecule has 54 valence electrons. The standard InChI is InChI=1S/C6H12INS/c1-8-4-2-3-6(5-8)9-7/h6H,2-5H2,1H3. The third kappa shape index (κ3) is 2.63. The van der Waals surface area contributed by atoms with E-state index >= 15 is 0 Å². The van der Waals surface area contributed by atoms with Gasteiger partial charge in [0.1, 0.15) is 0 Å². The third-order valence-corrected chi connectivity index (χ3v) is 4.50. The van der Waals surface area contributed by atoms with Crippen molar-refractivity contribution < 1.29 is 0 Å². The van der Waals surface area contributed by atoms with Crippen LogP contribution < -0.4 is 0 Å². The van der Waals surface area contributed by atoms with Gasteiger partial charge in [0.15, 0.2) is 0 Å².